The van der Waals surface area contributed by atoms with Crippen LogP contribution in [0.1, 0.15) is 0 Å². The van der Waals surface area contributed by atoms with Gasteiger partial charge >= 0.3 is 0 Å². The fourth-order valence-electron chi connectivity index (χ4n) is 0. The summed E-state index contributed by atoms with van der Waals surface area (Å²) in [7, 11) is 0. The second kappa shape index (κ2) is 2.44. The van der Waals surface area contributed by atoms with Gasteiger partial charge in [0.15, 0.2) is 0 Å². The second-order valence-electron chi connectivity index (χ2n) is 0.357. The summed E-state index contributed by atoms with van der Waals surface area (Å²) >= 11 is 7.45. The van der Waals surface area contributed by atoms with Crippen molar-refractivity contribution >= 4 is 29.2 Å². The van der Waals surface area contributed by atoms with Crippen LogP contribution >= 0.6 is 24.8 Å². The monoisotopic (exact) mass is 110 g/mol. The van der Waals surface area contributed by atoms with E-state index >= 15 is 0 Å². The average molecular weight is 110 g/mol. The molecule has 0 radical (unpaired) electrons. The maximum absolute atomic E-state index is 7.43. The fraction of sp³-hybridized carbons (Fsp3) is 0. The predicted octanol–water partition coefficient (Wildman–Crippen LogP) is 0.691. The Bertz CT molecular complexity index is 42.9. The molecule has 0 spiro atoms. The molecule has 1 N–H and O–H groups in total. The Labute approximate surface area is 40.1 Å². The van der Waals surface area contributed by atoms with E-state index in [-0.39, 0.29) is 4.38 Å². The lowest BCUT2D eigenvalue weighted by Crippen LogP contribution is -1.81. The Morgan fingerprint density at radius 3 is 2.20 bits per heavy atom. The van der Waals surface area contributed by atoms with Crippen molar-refractivity contribution in [2.45, 2.75) is 0 Å². The van der Waals surface area contributed by atoms with E-state index in [2.05, 4.69) is 29.7 Å². The minimum Gasteiger partial charge on any atom is -0.321 e. The van der Waals surface area contributed by atoms with Gasteiger partial charge in [0.25, 0.3) is 4.38 Å². The first-order valence-corrected chi connectivity index (χ1v) is 1.67. The van der Waals surface area contributed by atoms with Crippen LogP contribution in [0.4, 0.5) is 0 Å². The lowest BCUT2D eigenvalue weighted by Gasteiger charge is -1.79. The third kappa shape index (κ3) is 4.20. The molecule has 0 aromatic carbocycles. The molecular formula is CH2O2S2. The molecule has 0 aliphatic rings. The van der Waals surface area contributed by atoms with Crippen molar-refractivity contribution in [3.63, 3.8) is 0 Å². The van der Waals surface area contributed by atoms with Gasteiger partial charge in [0.05, 0.1) is 0 Å². The Hall–Kier alpha value is 0.200. The van der Waals surface area contributed by atoms with Crippen LogP contribution in [0.2, 0.25) is 0 Å². The molecule has 0 heterocycles. The summed E-state index contributed by atoms with van der Waals surface area (Å²) < 4.78 is -0.162. The summed E-state index contributed by atoms with van der Waals surface area (Å²) in [6.45, 7) is 0. The van der Waals surface area contributed by atoms with Crippen LogP contribution in [0.25, 0.3) is 0 Å². The van der Waals surface area contributed by atoms with Crippen molar-refractivity contribution in [3.05, 3.63) is 0 Å². The molecule has 0 bridgehead atoms. The van der Waals surface area contributed by atoms with E-state index in [4.69, 9.17) is 5.26 Å². The number of thiocarbonyl (C=S) groups is 1. The highest BCUT2D eigenvalue weighted by Gasteiger charge is 1.74. The minimum atomic E-state index is -0.162. The Morgan fingerprint density at radius 1 is 2.00 bits per heavy atom. The molecule has 0 unspecified atom stereocenters. The van der Waals surface area contributed by atoms with Crippen LogP contribution < -0.4 is 0 Å². The molecule has 0 aliphatic carbocycles. The summed E-state index contributed by atoms with van der Waals surface area (Å²) in [5.41, 5.74) is 0. The lowest BCUT2D eigenvalue weighted by atomic mass is 11.7. The topological polar surface area (TPSA) is 29.5 Å². The molecule has 0 aromatic heterocycles. The SMILES string of the molecule is OOC(=S)S. The van der Waals surface area contributed by atoms with Crippen LogP contribution in [0.15, 0.2) is 0 Å². The van der Waals surface area contributed by atoms with Crippen LogP contribution in [-0.2, 0) is 4.89 Å². The Morgan fingerprint density at radius 2 is 2.20 bits per heavy atom. The summed E-state index contributed by atoms with van der Waals surface area (Å²) in [4.78, 5) is 3.35. The van der Waals surface area contributed by atoms with E-state index in [9.17, 15) is 0 Å². The van der Waals surface area contributed by atoms with Gasteiger partial charge in [-0.2, -0.15) is 0 Å². The van der Waals surface area contributed by atoms with Crippen LogP contribution in [0.5, 0.6) is 0 Å². The van der Waals surface area contributed by atoms with Crippen LogP contribution in [0, 0.1) is 0 Å². The molecule has 5 heavy (non-hydrogen) atoms. The van der Waals surface area contributed by atoms with Gasteiger partial charge in [-0.1, -0.05) is 12.6 Å². The molecule has 0 saturated carbocycles. The Balaban J connectivity index is 2.85. The zero-order chi connectivity index (χ0) is 4.28. The molecule has 30 valence electrons. The number of rotatable bonds is 0. The minimum absolute atomic E-state index is 0.162. The van der Waals surface area contributed by atoms with Crippen molar-refractivity contribution in [1.29, 1.82) is 0 Å². The third-order valence-corrected chi connectivity index (χ3v) is 0.234. The molecule has 0 aromatic rings. The van der Waals surface area contributed by atoms with Crippen LogP contribution in [-0.4, -0.2) is 9.64 Å². The maximum atomic E-state index is 7.43. The van der Waals surface area contributed by atoms with E-state index in [1.165, 1.54) is 0 Å². The van der Waals surface area contributed by atoms with Gasteiger partial charge in [0, 0.05) is 0 Å². The largest absolute Gasteiger partial charge is 0.321 e. The Kier molecular flexibility index (Phi) is 2.54. The molecule has 0 amide bonds. The quantitative estimate of drug-likeness (QED) is 0.208. The molecule has 2 nitrogen and oxygen atoms in total. The summed E-state index contributed by atoms with van der Waals surface area (Å²) in [5, 5.41) is 7.43. The summed E-state index contributed by atoms with van der Waals surface area (Å²) in [5.74, 6) is 0. The standard InChI is InChI=1S/CH2O2S2/c2-3-1(4)5/h2H,(H,4,5). The fourth-order valence-corrected chi connectivity index (χ4v) is 0. The molecular weight excluding hydrogens is 108 g/mol. The number of thiol groups is 1. The molecule has 0 atom stereocenters. The van der Waals surface area contributed by atoms with E-state index in [1.54, 1.807) is 0 Å². The highest BCUT2D eigenvalue weighted by atomic mass is 32.1. The van der Waals surface area contributed by atoms with Gasteiger partial charge in [0.2, 0.25) is 0 Å². The first-order chi connectivity index (χ1) is 2.27. The second-order valence-corrected chi connectivity index (χ2v) is 1.44. The first kappa shape index (κ1) is 5.20. The smallest absolute Gasteiger partial charge is 0.259 e. The van der Waals surface area contributed by atoms with Crippen molar-refractivity contribution < 1.29 is 10.1 Å². The summed E-state index contributed by atoms with van der Waals surface area (Å²) in [6.07, 6.45) is 0. The molecule has 0 fully saturated rings. The molecule has 0 rings (SSSR count). The first-order valence-electron chi connectivity index (χ1n) is 0.814. The highest BCUT2D eigenvalue weighted by Crippen LogP contribution is 1.78. The third-order valence-electron chi connectivity index (χ3n) is 0.0781. The van der Waals surface area contributed by atoms with Crippen molar-refractivity contribution in [3.8, 4) is 0 Å². The zero-order valence-corrected chi connectivity index (χ0v) is 3.92. The maximum Gasteiger partial charge on any atom is 0.259 e. The van der Waals surface area contributed by atoms with Crippen molar-refractivity contribution in [2.24, 2.45) is 0 Å². The lowest BCUT2D eigenvalue weighted by molar-refractivity contribution is -0.147. The normalized spacial score (nSPS) is 6.80. The molecule has 4 heteroatoms. The predicted molar refractivity (Wildman–Crippen MR) is 25.3 cm³/mol. The highest BCUT2D eigenvalue weighted by molar-refractivity contribution is 8.10. The van der Waals surface area contributed by atoms with E-state index < -0.39 is 0 Å². The summed E-state index contributed by atoms with van der Waals surface area (Å²) in [6, 6.07) is 0. The van der Waals surface area contributed by atoms with Gasteiger partial charge in [-0.05, 0) is 12.2 Å². The van der Waals surface area contributed by atoms with E-state index in [0.29, 0.717) is 0 Å². The number of hydrogen-bond donors (Lipinski definition) is 2. The van der Waals surface area contributed by atoms with Crippen LogP contribution in [0.3, 0.4) is 0 Å². The molecule has 0 aliphatic heterocycles. The van der Waals surface area contributed by atoms with Gasteiger partial charge < -0.3 is 4.89 Å². The van der Waals surface area contributed by atoms with E-state index in [1.807, 2.05) is 0 Å². The van der Waals surface area contributed by atoms with Gasteiger partial charge in [0.1, 0.15) is 0 Å². The van der Waals surface area contributed by atoms with Gasteiger partial charge in [-0.15, -0.1) is 0 Å². The zero-order valence-electron chi connectivity index (χ0n) is 2.21. The van der Waals surface area contributed by atoms with Gasteiger partial charge in [-0.25, -0.2) is 5.26 Å². The number of hydrogen-bond acceptors (Lipinski definition) is 3. The average Bonchev–Trinajstić information content (AvgIpc) is 1.38. The van der Waals surface area contributed by atoms with Crippen molar-refractivity contribution in [2.75, 3.05) is 0 Å². The van der Waals surface area contributed by atoms with E-state index in [0.717, 1.165) is 0 Å². The van der Waals surface area contributed by atoms with Gasteiger partial charge in [-0.3, -0.25) is 0 Å². The van der Waals surface area contributed by atoms with Crippen molar-refractivity contribution in [1.82, 2.24) is 0 Å². The molecule has 0 saturated heterocycles.